The quantitative estimate of drug-likeness (QED) is 0.587. The number of nitrogens with zero attached hydrogens (tertiary/aromatic N) is 4. The van der Waals surface area contributed by atoms with E-state index in [2.05, 4.69) is 91.4 Å². The Morgan fingerprint density at radius 3 is 2.67 bits per heavy atom. The summed E-state index contributed by atoms with van der Waals surface area (Å²) in [6.07, 6.45) is 1.79. The van der Waals surface area contributed by atoms with Gasteiger partial charge in [-0.1, -0.05) is 25.6 Å². The first-order chi connectivity index (χ1) is 13.0. The maximum Gasteiger partial charge on any atom is 0.161 e. The molecule has 1 atom stereocenters. The van der Waals surface area contributed by atoms with Crippen LogP contribution in [-0.2, 0) is 0 Å². The van der Waals surface area contributed by atoms with Gasteiger partial charge in [0.25, 0.3) is 0 Å². The number of fused-ring (bicyclic) bond motifs is 1. The molecule has 0 bridgehead atoms. The predicted octanol–water partition coefficient (Wildman–Crippen LogP) is 2.93. The molecule has 0 saturated heterocycles. The van der Waals surface area contributed by atoms with Crippen LogP contribution in [0.4, 0.5) is 11.5 Å². The number of aromatic nitrogens is 3. The molecule has 0 aliphatic rings. The molecule has 0 amide bonds. The van der Waals surface area contributed by atoms with Gasteiger partial charge >= 0.3 is 0 Å². The number of hydrogen-bond donors (Lipinski definition) is 2. The van der Waals surface area contributed by atoms with Crippen LogP contribution < -0.4 is 15.5 Å². The SMILES string of the molecule is C=C(Nc1n[nH]c2ncc(P)cc12)c1ccc(N(C)CCN(C)CC)cc1. The van der Waals surface area contributed by atoms with Crippen molar-refractivity contribution in [3.63, 3.8) is 0 Å². The Labute approximate surface area is 162 Å². The third kappa shape index (κ3) is 4.65. The topological polar surface area (TPSA) is 60.1 Å². The molecule has 0 spiro atoms. The van der Waals surface area contributed by atoms with Gasteiger partial charge in [0.2, 0.25) is 0 Å². The van der Waals surface area contributed by atoms with Gasteiger partial charge in [0.15, 0.2) is 11.5 Å². The number of H-pyrrole nitrogens is 1. The first kappa shape index (κ1) is 19.3. The van der Waals surface area contributed by atoms with Crippen LogP contribution in [0.5, 0.6) is 0 Å². The van der Waals surface area contributed by atoms with Gasteiger partial charge in [-0.05, 0) is 42.7 Å². The van der Waals surface area contributed by atoms with Crippen LogP contribution in [-0.4, -0.2) is 53.8 Å². The average molecular weight is 382 g/mol. The molecule has 1 aromatic carbocycles. The number of anilines is 2. The van der Waals surface area contributed by atoms with E-state index in [9.17, 15) is 0 Å². The third-order valence-electron chi connectivity index (χ3n) is 4.72. The minimum atomic E-state index is 0.732. The lowest BCUT2D eigenvalue weighted by molar-refractivity contribution is 0.360. The third-order valence-corrected chi connectivity index (χ3v) is 5.04. The highest BCUT2D eigenvalue weighted by molar-refractivity contribution is 7.27. The van der Waals surface area contributed by atoms with E-state index < -0.39 is 0 Å². The highest BCUT2D eigenvalue weighted by Crippen LogP contribution is 2.23. The lowest BCUT2D eigenvalue weighted by Crippen LogP contribution is -2.30. The zero-order valence-corrected chi connectivity index (χ0v) is 17.3. The first-order valence-electron chi connectivity index (χ1n) is 9.03. The second-order valence-electron chi connectivity index (χ2n) is 6.70. The zero-order chi connectivity index (χ0) is 19.4. The van der Waals surface area contributed by atoms with E-state index in [0.717, 1.165) is 53.1 Å². The van der Waals surface area contributed by atoms with Crippen LogP contribution in [0.15, 0.2) is 43.1 Å². The van der Waals surface area contributed by atoms with Crippen molar-refractivity contribution in [1.82, 2.24) is 20.1 Å². The van der Waals surface area contributed by atoms with E-state index in [1.54, 1.807) is 6.20 Å². The number of likely N-dealkylation sites (N-methyl/N-ethyl adjacent to an activating group) is 2. The molecule has 3 rings (SSSR count). The largest absolute Gasteiger partial charge is 0.373 e. The smallest absolute Gasteiger partial charge is 0.161 e. The molecule has 7 heteroatoms. The lowest BCUT2D eigenvalue weighted by atomic mass is 10.1. The Balaban J connectivity index is 1.67. The van der Waals surface area contributed by atoms with E-state index in [1.165, 1.54) is 5.69 Å². The van der Waals surface area contributed by atoms with Crippen LogP contribution >= 0.6 is 9.24 Å². The number of pyridine rings is 1. The molecular formula is C20H27N6P. The molecule has 1 unspecified atom stereocenters. The monoisotopic (exact) mass is 382 g/mol. The summed E-state index contributed by atoms with van der Waals surface area (Å²) in [5.74, 6) is 0.732. The predicted molar refractivity (Wildman–Crippen MR) is 119 cm³/mol. The van der Waals surface area contributed by atoms with Crippen molar-refractivity contribution in [3.05, 3.63) is 48.7 Å². The Kier molecular flexibility index (Phi) is 6.09. The summed E-state index contributed by atoms with van der Waals surface area (Å²) in [5.41, 5.74) is 3.78. The van der Waals surface area contributed by atoms with E-state index in [-0.39, 0.29) is 0 Å². The fraction of sp³-hybridized carbons (Fsp3) is 0.300. The van der Waals surface area contributed by atoms with Crippen molar-refractivity contribution in [1.29, 1.82) is 0 Å². The van der Waals surface area contributed by atoms with Crippen LogP contribution in [0.25, 0.3) is 16.7 Å². The van der Waals surface area contributed by atoms with Crippen molar-refractivity contribution in [2.75, 3.05) is 43.9 Å². The molecule has 0 aliphatic heterocycles. The molecule has 0 fully saturated rings. The van der Waals surface area contributed by atoms with Crippen molar-refractivity contribution >= 4 is 42.8 Å². The van der Waals surface area contributed by atoms with Gasteiger partial charge in [-0.15, -0.1) is 9.24 Å². The lowest BCUT2D eigenvalue weighted by Gasteiger charge is -2.23. The maximum atomic E-state index is 4.33. The van der Waals surface area contributed by atoms with E-state index >= 15 is 0 Å². The Hall–Kier alpha value is -2.43. The van der Waals surface area contributed by atoms with Crippen molar-refractivity contribution in [2.24, 2.45) is 0 Å². The summed E-state index contributed by atoms with van der Waals surface area (Å²) in [6.45, 7) is 9.43. The molecule has 27 heavy (non-hydrogen) atoms. The molecule has 0 saturated carbocycles. The average Bonchev–Trinajstić information content (AvgIpc) is 3.07. The van der Waals surface area contributed by atoms with Crippen LogP contribution in [0, 0.1) is 0 Å². The number of benzene rings is 1. The van der Waals surface area contributed by atoms with Crippen molar-refractivity contribution in [2.45, 2.75) is 6.92 Å². The molecule has 2 N–H and O–H groups in total. The summed E-state index contributed by atoms with van der Waals surface area (Å²) in [4.78, 5) is 8.90. The number of aromatic amines is 1. The van der Waals surface area contributed by atoms with Crippen LogP contribution in [0.3, 0.4) is 0 Å². The van der Waals surface area contributed by atoms with Crippen LogP contribution in [0.2, 0.25) is 0 Å². The number of hydrogen-bond acceptors (Lipinski definition) is 5. The first-order valence-corrected chi connectivity index (χ1v) is 9.61. The Bertz CT molecular complexity index is 918. The Morgan fingerprint density at radius 1 is 1.22 bits per heavy atom. The minimum absolute atomic E-state index is 0.732. The molecule has 142 valence electrons. The summed E-state index contributed by atoms with van der Waals surface area (Å²) >= 11 is 0. The standard InChI is InChI=1S/C20H27N6P/c1-5-25(3)10-11-26(4)16-8-6-15(7-9-16)14(2)22-20-18-12-17(27)13-21-19(18)23-24-20/h6-9,12-13H,2,5,10-11,27H2,1,3-4H3,(H2,21,22,23,24). The minimum Gasteiger partial charge on any atom is -0.373 e. The van der Waals surface area contributed by atoms with E-state index in [4.69, 9.17) is 0 Å². The summed E-state index contributed by atoms with van der Waals surface area (Å²) < 4.78 is 0. The van der Waals surface area contributed by atoms with Gasteiger partial charge < -0.3 is 15.1 Å². The summed E-state index contributed by atoms with van der Waals surface area (Å²) in [7, 11) is 6.91. The second-order valence-corrected chi connectivity index (χ2v) is 7.37. The number of rotatable bonds is 8. The maximum absolute atomic E-state index is 4.33. The van der Waals surface area contributed by atoms with Gasteiger partial charge in [0, 0.05) is 37.7 Å². The van der Waals surface area contributed by atoms with E-state index in [1.807, 2.05) is 6.07 Å². The van der Waals surface area contributed by atoms with Gasteiger partial charge in [0.05, 0.1) is 5.39 Å². The number of nitrogens with one attached hydrogen (secondary N) is 2. The van der Waals surface area contributed by atoms with Gasteiger partial charge in [-0.25, -0.2) is 4.98 Å². The molecule has 0 radical (unpaired) electrons. The summed E-state index contributed by atoms with van der Waals surface area (Å²) in [5, 5.41) is 12.5. The molecule has 2 aromatic heterocycles. The summed E-state index contributed by atoms with van der Waals surface area (Å²) in [6, 6.07) is 10.4. The fourth-order valence-electron chi connectivity index (χ4n) is 2.76. The van der Waals surface area contributed by atoms with E-state index in [0.29, 0.717) is 0 Å². The Morgan fingerprint density at radius 2 is 1.96 bits per heavy atom. The molecule has 3 aromatic rings. The highest BCUT2D eigenvalue weighted by Gasteiger charge is 2.09. The highest BCUT2D eigenvalue weighted by atomic mass is 31.0. The zero-order valence-electron chi connectivity index (χ0n) is 16.2. The molecular weight excluding hydrogens is 355 g/mol. The van der Waals surface area contributed by atoms with Crippen molar-refractivity contribution < 1.29 is 0 Å². The normalized spacial score (nSPS) is 11.1. The second kappa shape index (κ2) is 8.51. The van der Waals surface area contributed by atoms with Gasteiger partial charge in [-0.2, -0.15) is 5.10 Å². The van der Waals surface area contributed by atoms with Crippen molar-refractivity contribution in [3.8, 4) is 0 Å². The fourth-order valence-corrected chi connectivity index (χ4v) is 3.00. The molecule has 0 aliphatic carbocycles. The van der Waals surface area contributed by atoms with Gasteiger partial charge in [0.1, 0.15) is 0 Å². The molecule has 6 nitrogen and oxygen atoms in total. The van der Waals surface area contributed by atoms with Gasteiger partial charge in [-0.3, -0.25) is 5.10 Å². The van der Waals surface area contributed by atoms with Crippen LogP contribution in [0.1, 0.15) is 12.5 Å². The molecule has 2 heterocycles.